The molecule has 0 aromatic carbocycles. The summed E-state index contributed by atoms with van der Waals surface area (Å²) in [4.78, 5) is 11.0. The second kappa shape index (κ2) is 8.00. The predicted octanol–water partition coefficient (Wildman–Crippen LogP) is 1.58. The fourth-order valence-electron chi connectivity index (χ4n) is 1.97. The number of ether oxygens (including phenoxy) is 1. The molecule has 0 radical (unpaired) electrons. The van der Waals surface area contributed by atoms with Crippen LogP contribution in [0.1, 0.15) is 32.3 Å². The van der Waals surface area contributed by atoms with E-state index in [2.05, 4.69) is 28.7 Å². The summed E-state index contributed by atoms with van der Waals surface area (Å²) in [6.45, 7) is 6.33. The van der Waals surface area contributed by atoms with Gasteiger partial charge in [-0.05, 0) is 12.8 Å². The van der Waals surface area contributed by atoms with Crippen molar-refractivity contribution in [2.75, 3.05) is 25.2 Å². The van der Waals surface area contributed by atoms with Crippen molar-refractivity contribution >= 4 is 5.95 Å². The number of aromatic nitrogens is 2. The minimum Gasteiger partial charge on any atom is -0.383 e. The lowest BCUT2D eigenvalue weighted by Gasteiger charge is -2.30. The maximum atomic E-state index is 5.55. The summed E-state index contributed by atoms with van der Waals surface area (Å²) in [5, 5.41) is 0. The largest absolute Gasteiger partial charge is 0.383 e. The lowest BCUT2D eigenvalue weighted by molar-refractivity contribution is 0.202. The Hall–Kier alpha value is -1.20. The highest BCUT2D eigenvalue weighted by Crippen LogP contribution is 2.15. The van der Waals surface area contributed by atoms with Crippen LogP contribution < -0.4 is 10.6 Å². The summed E-state index contributed by atoms with van der Waals surface area (Å²) >= 11 is 0. The molecule has 5 nitrogen and oxygen atoms in total. The molecule has 1 heterocycles. The van der Waals surface area contributed by atoms with Crippen LogP contribution >= 0.6 is 0 Å². The quantitative estimate of drug-likeness (QED) is 0.761. The lowest BCUT2D eigenvalue weighted by Crippen LogP contribution is -2.38. The summed E-state index contributed by atoms with van der Waals surface area (Å²) in [6, 6.07) is 0.448. The molecule has 0 aliphatic heterocycles. The third-order valence-corrected chi connectivity index (χ3v) is 3.10. The van der Waals surface area contributed by atoms with Gasteiger partial charge in [-0.3, -0.25) is 0 Å². The summed E-state index contributed by atoms with van der Waals surface area (Å²) in [5.74, 6) is 0.762. The average molecular weight is 252 g/mol. The van der Waals surface area contributed by atoms with E-state index in [0.717, 1.165) is 30.9 Å². The van der Waals surface area contributed by atoms with Gasteiger partial charge in [-0.1, -0.05) is 13.8 Å². The van der Waals surface area contributed by atoms with Gasteiger partial charge < -0.3 is 15.4 Å². The molecule has 102 valence electrons. The van der Waals surface area contributed by atoms with Crippen molar-refractivity contribution in [1.29, 1.82) is 0 Å². The van der Waals surface area contributed by atoms with Crippen LogP contribution in [0.25, 0.3) is 0 Å². The average Bonchev–Trinajstić information content (AvgIpc) is 2.43. The molecular formula is C13H24N4O. The Labute approximate surface area is 109 Å². The Morgan fingerprint density at radius 1 is 1.28 bits per heavy atom. The highest BCUT2D eigenvalue weighted by atomic mass is 16.5. The molecule has 2 N–H and O–H groups in total. The van der Waals surface area contributed by atoms with E-state index in [-0.39, 0.29) is 0 Å². The topological polar surface area (TPSA) is 64.3 Å². The molecule has 0 atom stereocenters. The summed E-state index contributed by atoms with van der Waals surface area (Å²) < 4.78 is 5.16. The predicted molar refractivity (Wildman–Crippen MR) is 73.5 cm³/mol. The number of rotatable bonds is 8. The van der Waals surface area contributed by atoms with Gasteiger partial charge in [-0.15, -0.1) is 0 Å². The molecule has 0 saturated carbocycles. The van der Waals surface area contributed by atoms with E-state index in [9.17, 15) is 0 Å². The standard InChI is InChI=1S/C13H24N4O/c1-4-12(5-2)17(6-7-18-3)13-15-9-11(8-14)10-16-13/h9-10,12H,4-8,14H2,1-3H3. The van der Waals surface area contributed by atoms with Crippen LogP contribution in [0, 0.1) is 0 Å². The van der Waals surface area contributed by atoms with Crippen molar-refractivity contribution in [3.05, 3.63) is 18.0 Å². The van der Waals surface area contributed by atoms with E-state index in [1.54, 1.807) is 19.5 Å². The minimum absolute atomic E-state index is 0.448. The second-order valence-corrected chi connectivity index (χ2v) is 4.25. The van der Waals surface area contributed by atoms with E-state index >= 15 is 0 Å². The zero-order valence-corrected chi connectivity index (χ0v) is 11.6. The van der Waals surface area contributed by atoms with Gasteiger partial charge >= 0.3 is 0 Å². The molecule has 0 bridgehead atoms. The van der Waals surface area contributed by atoms with E-state index in [1.165, 1.54) is 0 Å². The van der Waals surface area contributed by atoms with Crippen molar-refractivity contribution in [1.82, 2.24) is 9.97 Å². The molecule has 0 fully saturated rings. The summed E-state index contributed by atoms with van der Waals surface area (Å²) in [7, 11) is 1.71. The smallest absolute Gasteiger partial charge is 0.225 e. The summed E-state index contributed by atoms with van der Waals surface area (Å²) in [6.07, 6.45) is 5.74. The fraction of sp³-hybridized carbons (Fsp3) is 0.692. The molecule has 0 aliphatic rings. The second-order valence-electron chi connectivity index (χ2n) is 4.25. The van der Waals surface area contributed by atoms with Crippen molar-refractivity contribution in [3.8, 4) is 0 Å². The molecule has 0 aliphatic carbocycles. The highest BCUT2D eigenvalue weighted by Gasteiger charge is 2.17. The molecule has 1 aromatic rings. The zero-order valence-electron chi connectivity index (χ0n) is 11.6. The molecule has 0 amide bonds. The number of nitrogens with zero attached hydrogens (tertiary/aromatic N) is 3. The number of hydrogen-bond acceptors (Lipinski definition) is 5. The molecule has 5 heteroatoms. The molecule has 0 spiro atoms. The first-order chi connectivity index (χ1) is 8.76. The Morgan fingerprint density at radius 2 is 1.89 bits per heavy atom. The first-order valence-electron chi connectivity index (χ1n) is 6.53. The third kappa shape index (κ3) is 3.92. The van der Waals surface area contributed by atoms with E-state index in [0.29, 0.717) is 19.2 Å². The first-order valence-corrected chi connectivity index (χ1v) is 6.53. The monoisotopic (exact) mass is 252 g/mol. The molecule has 1 aromatic heterocycles. The van der Waals surface area contributed by atoms with Gasteiger partial charge in [0.1, 0.15) is 0 Å². The van der Waals surface area contributed by atoms with E-state index in [4.69, 9.17) is 10.5 Å². The highest BCUT2D eigenvalue weighted by molar-refractivity contribution is 5.31. The van der Waals surface area contributed by atoms with Crippen LogP contribution in [-0.4, -0.2) is 36.3 Å². The lowest BCUT2D eigenvalue weighted by atomic mass is 10.1. The van der Waals surface area contributed by atoms with Crippen LogP contribution in [0.2, 0.25) is 0 Å². The van der Waals surface area contributed by atoms with Crippen LogP contribution in [0.15, 0.2) is 12.4 Å². The van der Waals surface area contributed by atoms with Crippen molar-refractivity contribution in [2.45, 2.75) is 39.3 Å². The van der Waals surface area contributed by atoms with Crippen LogP contribution in [-0.2, 0) is 11.3 Å². The van der Waals surface area contributed by atoms with Gasteiger partial charge in [0.2, 0.25) is 5.95 Å². The maximum absolute atomic E-state index is 5.55. The van der Waals surface area contributed by atoms with Gasteiger partial charge in [-0.2, -0.15) is 0 Å². The zero-order chi connectivity index (χ0) is 13.4. The number of methoxy groups -OCH3 is 1. The Balaban J connectivity index is 2.85. The number of hydrogen-bond donors (Lipinski definition) is 1. The Bertz CT molecular complexity index is 324. The molecule has 18 heavy (non-hydrogen) atoms. The Kier molecular flexibility index (Phi) is 6.60. The van der Waals surface area contributed by atoms with E-state index in [1.807, 2.05) is 0 Å². The van der Waals surface area contributed by atoms with Crippen molar-refractivity contribution in [2.24, 2.45) is 5.73 Å². The SMILES string of the molecule is CCC(CC)N(CCOC)c1ncc(CN)cn1. The number of anilines is 1. The maximum Gasteiger partial charge on any atom is 0.225 e. The molecule has 0 saturated heterocycles. The van der Waals surface area contributed by atoms with Crippen LogP contribution in [0.5, 0.6) is 0 Å². The normalized spacial score (nSPS) is 10.9. The molecule has 0 unspecified atom stereocenters. The Morgan fingerprint density at radius 3 is 2.33 bits per heavy atom. The van der Waals surface area contributed by atoms with Gasteiger partial charge in [0.05, 0.1) is 6.61 Å². The molecule has 1 rings (SSSR count). The minimum atomic E-state index is 0.448. The van der Waals surface area contributed by atoms with Crippen molar-refractivity contribution in [3.63, 3.8) is 0 Å². The van der Waals surface area contributed by atoms with Gasteiger partial charge in [-0.25, -0.2) is 9.97 Å². The fourth-order valence-corrected chi connectivity index (χ4v) is 1.97. The molecular weight excluding hydrogens is 228 g/mol. The van der Waals surface area contributed by atoms with Crippen LogP contribution in [0.4, 0.5) is 5.95 Å². The number of nitrogens with two attached hydrogens (primary N) is 1. The van der Waals surface area contributed by atoms with Crippen molar-refractivity contribution < 1.29 is 4.74 Å². The first kappa shape index (κ1) is 14.9. The van der Waals surface area contributed by atoms with Gasteiger partial charge in [0, 0.05) is 44.2 Å². The van der Waals surface area contributed by atoms with E-state index < -0.39 is 0 Å². The van der Waals surface area contributed by atoms with Gasteiger partial charge in [0.25, 0.3) is 0 Å². The summed E-state index contributed by atoms with van der Waals surface area (Å²) in [5.41, 5.74) is 6.51. The van der Waals surface area contributed by atoms with Crippen LogP contribution in [0.3, 0.4) is 0 Å². The third-order valence-electron chi connectivity index (χ3n) is 3.10. The van der Waals surface area contributed by atoms with Gasteiger partial charge in [0.15, 0.2) is 0 Å².